The summed E-state index contributed by atoms with van der Waals surface area (Å²) in [7, 11) is 0. The second-order valence-electron chi connectivity index (χ2n) is 8.40. The van der Waals surface area contributed by atoms with Crippen LogP contribution in [0.5, 0.6) is 0 Å². The predicted molar refractivity (Wildman–Crippen MR) is 126 cm³/mol. The Bertz CT molecular complexity index is 1190. The van der Waals surface area contributed by atoms with E-state index in [1.165, 1.54) is 11.1 Å². The zero-order valence-electron chi connectivity index (χ0n) is 17.8. The fourth-order valence-electron chi connectivity index (χ4n) is 4.46. The van der Waals surface area contributed by atoms with Crippen LogP contribution in [0, 0.1) is 12.8 Å². The first-order valence-corrected chi connectivity index (χ1v) is 11.0. The Morgan fingerprint density at radius 1 is 1.13 bits per heavy atom. The summed E-state index contributed by atoms with van der Waals surface area (Å²) in [6, 6.07) is 12.6. The Labute approximate surface area is 182 Å². The van der Waals surface area contributed by atoms with Crippen molar-refractivity contribution in [2.75, 3.05) is 30.0 Å². The zero-order valence-corrected chi connectivity index (χ0v) is 17.8. The van der Waals surface area contributed by atoms with E-state index >= 15 is 0 Å². The van der Waals surface area contributed by atoms with Gasteiger partial charge in [-0.2, -0.15) is 0 Å². The van der Waals surface area contributed by atoms with Crippen molar-refractivity contribution in [2.24, 2.45) is 10.9 Å². The van der Waals surface area contributed by atoms with Crippen molar-refractivity contribution in [3.05, 3.63) is 70.1 Å². The first kappa shape index (κ1) is 19.8. The van der Waals surface area contributed by atoms with E-state index < -0.39 is 0 Å². The molecule has 3 aliphatic rings. The van der Waals surface area contributed by atoms with Crippen molar-refractivity contribution in [3.63, 3.8) is 0 Å². The van der Waals surface area contributed by atoms with Gasteiger partial charge in [-0.25, -0.2) is 4.99 Å². The van der Waals surface area contributed by atoms with E-state index in [4.69, 9.17) is 4.74 Å². The highest BCUT2D eigenvalue weighted by Gasteiger charge is 2.31. The molecule has 0 aliphatic carbocycles. The molecule has 3 aliphatic heterocycles. The number of rotatable bonds is 2. The molecule has 5 heteroatoms. The van der Waals surface area contributed by atoms with Crippen LogP contribution in [-0.4, -0.2) is 31.5 Å². The van der Waals surface area contributed by atoms with Gasteiger partial charge in [0.1, 0.15) is 5.84 Å². The Balaban J connectivity index is 1.39. The van der Waals surface area contributed by atoms with Gasteiger partial charge in [-0.3, -0.25) is 4.79 Å². The SMILES string of the molecule is Cc1ccc2/c(c1)=C\N=C(Nc1ccc3c(c1)N(C(=O)C1CCOCC1)CC3)/C=C/C=2. The minimum absolute atomic E-state index is 0.0721. The zero-order chi connectivity index (χ0) is 21.2. The lowest BCUT2D eigenvalue weighted by Gasteiger charge is -2.27. The summed E-state index contributed by atoms with van der Waals surface area (Å²) in [6.45, 7) is 4.21. The summed E-state index contributed by atoms with van der Waals surface area (Å²) in [5.74, 6) is 1.07. The molecule has 0 atom stereocenters. The average Bonchev–Trinajstić information content (AvgIpc) is 3.20. The summed E-state index contributed by atoms with van der Waals surface area (Å²) in [6.07, 6.45) is 10.5. The molecule has 5 rings (SSSR count). The van der Waals surface area contributed by atoms with Crippen molar-refractivity contribution in [1.29, 1.82) is 0 Å². The smallest absolute Gasteiger partial charge is 0.230 e. The molecule has 0 aromatic heterocycles. The second-order valence-corrected chi connectivity index (χ2v) is 8.40. The molecule has 1 fully saturated rings. The fraction of sp³-hybridized carbons (Fsp3) is 0.308. The molecule has 3 heterocycles. The first-order valence-electron chi connectivity index (χ1n) is 11.0. The molecule has 0 spiro atoms. The lowest BCUT2D eigenvalue weighted by molar-refractivity contribution is -0.125. The summed E-state index contributed by atoms with van der Waals surface area (Å²) in [5, 5.41) is 5.68. The number of ether oxygens (including phenoxy) is 1. The topological polar surface area (TPSA) is 53.9 Å². The summed E-state index contributed by atoms with van der Waals surface area (Å²) >= 11 is 0. The van der Waals surface area contributed by atoms with Gasteiger partial charge in [0.15, 0.2) is 0 Å². The number of nitrogens with one attached hydrogen (secondary N) is 1. The van der Waals surface area contributed by atoms with Crippen molar-refractivity contribution >= 4 is 35.4 Å². The number of nitrogens with zero attached hydrogens (tertiary/aromatic N) is 2. The number of aryl methyl sites for hydroxylation is 1. The van der Waals surface area contributed by atoms with E-state index in [0.717, 1.165) is 53.5 Å². The molecule has 1 saturated heterocycles. The van der Waals surface area contributed by atoms with Gasteiger partial charge in [-0.05, 0) is 61.2 Å². The Hall–Kier alpha value is -3.18. The van der Waals surface area contributed by atoms with E-state index in [0.29, 0.717) is 13.2 Å². The molecule has 158 valence electrons. The Morgan fingerprint density at radius 2 is 2.00 bits per heavy atom. The van der Waals surface area contributed by atoms with Crippen LogP contribution in [0.15, 0.2) is 53.5 Å². The van der Waals surface area contributed by atoms with E-state index in [-0.39, 0.29) is 11.8 Å². The van der Waals surface area contributed by atoms with Gasteiger partial charge < -0.3 is 15.0 Å². The predicted octanol–water partition coefficient (Wildman–Crippen LogP) is 2.91. The number of amides is 1. The number of aliphatic imine (C=N–C) groups is 1. The summed E-state index contributed by atoms with van der Waals surface area (Å²) < 4.78 is 5.43. The number of benzene rings is 2. The van der Waals surface area contributed by atoms with Crippen LogP contribution in [0.25, 0.3) is 12.3 Å². The third-order valence-electron chi connectivity index (χ3n) is 6.20. The number of allylic oxidation sites excluding steroid dienone is 1. The Kier molecular flexibility index (Phi) is 5.43. The highest BCUT2D eigenvalue weighted by Crippen LogP contribution is 2.33. The average molecular weight is 414 g/mol. The Morgan fingerprint density at radius 3 is 2.87 bits per heavy atom. The van der Waals surface area contributed by atoms with Crippen LogP contribution < -0.4 is 20.7 Å². The van der Waals surface area contributed by atoms with Gasteiger partial charge in [0.25, 0.3) is 0 Å². The van der Waals surface area contributed by atoms with Gasteiger partial charge in [-0.1, -0.05) is 35.9 Å². The number of carbonyl (C=O) groups is 1. The molecule has 5 nitrogen and oxygen atoms in total. The first-order chi connectivity index (χ1) is 15.2. The fourth-order valence-corrected chi connectivity index (χ4v) is 4.46. The molecule has 0 radical (unpaired) electrons. The van der Waals surface area contributed by atoms with Crippen LogP contribution in [0.1, 0.15) is 24.0 Å². The molecule has 1 amide bonds. The van der Waals surface area contributed by atoms with Gasteiger partial charge >= 0.3 is 0 Å². The van der Waals surface area contributed by atoms with Crippen molar-refractivity contribution in [1.82, 2.24) is 0 Å². The number of amidine groups is 1. The quantitative estimate of drug-likeness (QED) is 0.824. The maximum absolute atomic E-state index is 13.1. The number of hydrogen-bond donors (Lipinski definition) is 1. The highest BCUT2D eigenvalue weighted by molar-refractivity contribution is 6.06. The van der Waals surface area contributed by atoms with Crippen molar-refractivity contribution in [3.8, 4) is 0 Å². The van der Waals surface area contributed by atoms with Crippen LogP contribution in [0.4, 0.5) is 11.4 Å². The number of anilines is 2. The van der Waals surface area contributed by atoms with Gasteiger partial charge in [0, 0.05) is 48.5 Å². The standard InChI is InChI=1S/C26H27N3O2/c1-18-5-6-19-3-2-4-25(27-17-22(19)15-18)28-23-8-7-20-9-12-29(24(20)16-23)26(30)21-10-13-31-14-11-21/h2-8,15-17,21H,9-14H2,1H3,(H,27,28). The third-order valence-corrected chi connectivity index (χ3v) is 6.20. The largest absolute Gasteiger partial charge is 0.381 e. The van der Waals surface area contributed by atoms with Gasteiger partial charge in [-0.15, -0.1) is 0 Å². The highest BCUT2D eigenvalue weighted by atomic mass is 16.5. The third kappa shape index (κ3) is 4.19. The van der Waals surface area contributed by atoms with Crippen LogP contribution in [0.3, 0.4) is 0 Å². The van der Waals surface area contributed by atoms with E-state index in [9.17, 15) is 4.79 Å². The monoisotopic (exact) mass is 413 g/mol. The normalized spacial score (nSPS) is 23.0. The molecule has 2 aromatic carbocycles. The summed E-state index contributed by atoms with van der Waals surface area (Å²) in [5.41, 5.74) is 4.40. The van der Waals surface area contributed by atoms with Gasteiger partial charge in [0.05, 0.1) is 0 Å². The maximum Gasteiger partial charge on any atom is 0.230 e. The number of hydrogen-bond acceptors (Lipinski definition) is 4. The molecule has 31 heavy (non-hydrogen) atoms. The van der Waals surface area contributed by atoms with Crippen molar-refractivity contribution < 1.29 is 9.53 Å². The minimum atomic E-state index is 0.0721. The molecule has 0 bridgehead atoms. The summed E-state index contributed by atoms with van der Waals surface area (Å²) in [4.78, 5) is 19.7. The molecule has 0 unspecified atom stereocenters. The van der Waals surface area contributed by atoms with Crippen LogP contribution >= 0.6 is 0 Å². The lowest BCUT2D eigenvalue weighted by atomic mass is 9.98. The number of carbonyl (C=O) groups excluding carboxylic acids is 1. The lowest BCUT2D eigenvalue weighted by Crippen LogP contribution is -2.37. The van der Waals surface area contributed by atoms with E-state index in [2.05, 4.69) is 59.7 Å². The molecular formula is C26H27N3O2. The minimum Gasteiger partial charge on any atom is -0.381 e. The van der Waals surface area contributed by atoms with Crippen LogP contribution in [0.2, 0.25) is 0 Å². The van der Waals surface area contributed by atoms with Gasteiger partial charge in [0.2, 0.25) is 5.91 Å². The van der Waals surface area contributed by atoms with E-state index in [1.54, 1.807) is 0 Å². The number of fused-ring (bicyclic) bond motifs is 2. The molecule has 0 saturated carbocycles. The molecule has 1 N–H and O–H groups in total. The second kappa shape index (κ2) is 8.52. The van der Waals surface area contributed by atoms with Crippen LogP contribution in [-0.2, 0) is 16.0 Å². The molecule has 2 aromatic rings. The van der Waals surface area contributed by atoms with Crippen molar-refractivity contribution in [2.45, 2.75) is 26.2 Å². The molecular weight excluding hydrogens is 386 g/mol. The van der Waals surface area contributed by atoms with E-state index in [1.807, 2.05) is 23.3 Å². The maximum atomic E-state index is 13.1.